The van der Waals surface area contributed by atoms with Crippen molar-refractivity contribution in [2.45, 2.75) is 44.6 Å². The summed E-state index contributed by atoms with van der Waals surface area (Å²) in [6.07, 6.45) is 1.34. The highest BCUT2D eigenvalue weighted by atomic mass is 16.6. The molecule has 116 valence electrons. The van der Waals surface area contributed by atoms with E-state index >= 15 is 0 Å². The van der Waals surface area contributed by atoms with E-state index in [1.807, 2.05) is 6.07 Å². The van der Waals surface area contributed by atoms with Gasteiger partial charge in [0.1, 0.15) is 11.4 Å². The summed E-state index contributed by atoms with van der Waals surface area (Å²) in [5.41, 5.74) is 0.608. The molecule has 1 aliphatic rings. The van der Waals surface area contributed by atoms with Crippen molar-refractivity contribution < 1.29 is 19.5 Å². The predicted molar refractivity (Wildman–Crippen MR) is 79.0 cm³/mol. The number of aromatic hydroxyl groups is 1. The number of hydrogen-bond donors (Lipinski definition) is 3. The number of benzene rings is 1. The van der Waals surface area contributed by atoms with Gasteiger partial charge in [0.15, 0.2) is 0 Å². The van der Waals surface area contributed by atoms with Crippen LogP contribution < -0.4 is 11.2 Å². The van der Waals surface area contributed by atoms with Gasteiger partial charge in [-0.2, -0.15) is 0 Å². The van der Waals surface area contributed by atoms with E-state index in [1.165, 1.54) is 0 Å². The van der Waals surface area contributed by atoms with Crippen molar-refractivity contribution >= 4 is 11.8 Å². The number of nitrogens with two attached hydrogens (primary N) is 1. The third-order valence-electron chi connectivity index (χ3n) is 3.46. The largest absolute Gasteiger partial charge is 0.506 e. The van der Waals surface area contributed by atoms with Gasteiger partial charge in [-0.15, -0.1) is 0 Å². The Morgan fingerprint density at radius 1 is 1.43 bits per heavy atom. The molecule has 0 heterocycles. The number of amides is 1. The van der Waals surface area contributed by atoms with Crippen LogP contribution in [0.3, 0.4) is 0 Å². The van der Waals surface area contributed by atoms with Gasteiger partial charge in [0, 0.05) is 5.41 Å². The van der Waals surface area contributed by atoms with Crippen LogP contribution in [0.25, 0.3) is 0 Å². The highest BCUT2D eigenvalue weighted by Gasteiger charge is 2.44. The van der Waals surface area contributed by atoms with Crippen LogP contribution in [0.1, 0.15) is 39.2 Å². The smallest absolute Gasteiger partial charge is 0.412 e. The molecule has 1 saturated carbocycles. The Hall–Kier alpha value is -1.79. The normalized spacial score (nSPS) is 16.4. The van der Waals surface area contributed by atoms with E-state index in [4.69, 9.17) is 15.5 Å². The number of ether oxygens (including phenoxy) is 1. The predicted octanol–water partition coefficient (Wildman–Crippen LogP) is 2.66. The lowest BCUT2D eigenvalue weighted by Gasteiger charge is -2.21. The third-order valence-corrected chi connectivity index (χ3v) is 3.46. The first-order chi connectivity index (χ1) is 9.76. The molecule has 4 N–H and O–H groups in total. The van der Waals surface area contributed by atoms with Crippen LogP contribution >= 0.6 is 0 Å². The molecule has 0 aliphatic heterocycles. The summed E-state index contributed by atoms with van der Waals surface area (Å²) in [5.74, 6) is 5.17. The van der Waals surface area contributed by atoms with Gasteiger partial charge in [-0.25, -0.2) is 10.7 Å². The minimum Gasteiger partial charge on any atom is -0.506 e. The lowest BCUT2D eigenvalue weighted by atomic mass is 9.96. The first kappa shape index (κ1) is 15.6. The Balaban J connectivity index is 2.15. The Morgan fingerprint density at radius 2 is 2.10 bits per heavy atom. The van der Waals surface area contributed by atoms with Crippen LogP contribution in [0.2, 0.25) is 0 Å². The fraction of sp³-hybridized carbons (Fsp3) is 0.533. The molecule has 6 heteroatoms. The number of carbonyl (C=O) groups excluding carboxylic acids is 1. The topological polar surface area (TPSA) is 93.8 Å². The molecule has 0 radical (unpaired) electrons. The minimum atomic E-state index is -0.602. The minimum absolute atomic E-state index is 0.00549. The molecule has 1 aliphatic carbocycles. The highest BCUT2D eigenvalue weighted by Crippen LogP contribution is 2.49. The Labute approximate surface area is 124 Å². The second-order valence-corrected chi connectivity index (χ2v) is 6.45. The van der Waals surface area contributed by atoms with Crippen molar-refractivity contribution in [2.24, 2.45) is 5.90 Å². The summed E-state index contributed by atoms with van der Waals surface area (Å²) in [7, 11) is 0. The lowest BCUT2D eigenvalue weighted by Crippen LogP contribution is -2.27. The highest BCUT2D eigenvalue weighted by molar-refractivity contribution is 5.87. The average Bonchev–Trinajstić information content (AvgIpc) is 3.11. The molecular formula is C15H22N2O4. The molecule has 21 heavy (non-hydrogen) atoms. The van der Waals surface area contributed by atoms with Gasteiger partial charge in [0.05, 0.1) is 12.3 Å². The number of rotatable bonds is 4. The van der Waals surface area contributed by atoms with Crippen LogP contribution in [0.4, 0.5) is 10.5 Å². The Morgan fingerprint density at radius 3 is 2.62 bits per heavy atom. The summed E-state index contributed by atoms with van der Waals surface area (Å²) < 4.78 is 5.18. The maximum Gasteiger partial charge on any atom is 0.412 e. The zero-order valence-corrected chi connectivity index (χ0v) is 12.6. The number of anilines is 1. The number of phenolic OH excluding ortho intramolecular Hbond substituents is 1. The van der Waals surface area contributed by atoms with Gasteiger partial charge < -0.3 is 14.7 Å². The average molecular weight is 294 g/mol. The van der Waals surface area contributed by atoms with Crippen LogP contribution in [0, 0.1) is 0 Å². The zero-order valence-electron chi connectivity index (χ0n) is 12.6. The zero-order chi connectivity index (χ0) is 15.7. The molecule has 1 aromatic rings. The summed E-state index contributed by atoms with van der Waals surface area (Å²) in [4.78, 5) is 16.6. The molecule has 1 aromatic carbocycles. The molecule has 2 rings (SSSR count). The number of nitrogens with one attached hydrogen (secondary N) is 1. The maximum absolute atomic E-state index is 11.8. The van der Waals surface area contributed by atoms with Crippen LogP contribution in [0.15, 0.2) is 18.2 Å². The standard InChI is InChI=1S/C15H22N2O4/c1-14(2,3)21-13(19)17-11-8-10(4-5-12(11)18)15(6-7-15)9-20-16/h4-5,8,18H,6-7,9,16H2,1-3H3,(H,17,19). The van der Waals surface area contributed by atoms with Gasteiger partial charge in [0.25, 0.3) is 0 Å². The monoisotopic (exact) mass is 294 g/mol. The van der Waals surface area contributed by atoms with E-state index in [0.717, 1.165) is 18.4 Å². The van der Waals surface area contributed by atoms with Crippen LogP contribution in [-0.4, -0.2) is 23.4 Å². The molecule has 0 atom stereocenters. The van der Waals surface area contributed by atoms with Gasteiger partial charge in [-0.1, -0.05) is 6.07 Å². The van der Waals surface area contributed by atoms with Gasteiger partial charge in [0.2, 0.25) is 0 Å². The maximum atomic E-state index is 11.8. The molecule has 1 fully saturated rings. The molecule has 0 saturated heterocycles. The van der Waals surface area contributed by atoms with E-state index in [-0.39, 0.29) is 11.2 Å². The Kier molecular flexibility index (Phi) is 4.11. The molecule has 0 bridgehead atoms. The number of hydrogen-bond acceptors (Lipinski definition) is 5. The summed E-state index contributed by atoms with van der Waals surface area (Å²) in [6, 6.07) is 5.12. The molecule has 0 unspecified atom stereocenters. The van der Waals surface area contributed by atoms with E-state index in [1.54, 1.807) is 32.9 Å². The van der Waals surface area contributed by atoms with Crippen molar-refractivity contribution in [1.29, 1.82) is 0 Å². The second-order valence-electron chi connectivity index (χ2n) is 6.45. The van der Waals surface area contributed by atoms with E-state index in [9.17, 15) is 9.90 Å². The van der Waals surface area contributed by atoms with Gasteiger partial charge >= 0.3 is 6.09 Å². The molecule has 1 amide bonds. The number of carbonyl (C=O) groups is 1. The van der Waals surface area contributed by atoms with Gasteiger partial charge in [-0.05, 0) is 51.3 Å². The first-order valence-corrected chi connectivity index (χ1v) is 6.91. The first-order valence-electron chi connectivity index (χ1n) is 6.91. The van der Waals surface area contributed by atoms with Crippen molar-refractivity contribution in [2.75, 3.05) is 11.9 Å². The van der Waals surface area contributed by atoms with Crippen molar-refractivity contribution in [3.05, 3.63) is 23.8 Å². The van der Waals surface area contributed by atoms with Crippen molar-refractivity contribution in [3.8, 4) is 5.75 Å². The third kappa shape index (κ3) is 3.86. The molecular weight excluding hydrogens is 272 g/mol. The molecule has 0 aromatic heterocycles. The van der Waals surface area contributed by atoms with E-state index in [2.05, 4.69) is 5.32 Å². The second kappa shape index (κ2) is 5.54. The summed E-state index contributed by atoms with van der Waals surface area (Å²) in [5, 5.41) is 12.4. The van der Waals surface area contributed by atoms with E-state index in [0.29, 0.717) is 12.3 Å². The van der Waals surface area contributed by atoms with Crippen LogP contribution in [-0.2, 0) is 15.0 Å². The lowest BCUT2D eigenvalue weighted by molar-refractivity contribution is 0.0635. The van der Waals surface area contributed by atoms with Crippen LogP contribution in [0.5, 0.6) is 5.75 Å². The number of phenols is 1. The summed E-state index contributed by atoms with van der Waals surface area (Å²) in [6.45, 7) is 5.76. The van der Waals surface area contributed by atoms with Gasteiger partial charge in [-0.3, -0.25) is 5.32 Å². The molecule has 0 spiro atoms. The fourth-order valence-electron chi connectivity index (χ4n) is 2.21. The quantitative estimate of drug-likeness (QED) is 0.586. The fourth-order valence-corrected chi connectivity index (χ4v) is 2.21. The van der Waals surface area contributed by atoms with E-state index < -0.39 is 11.7 Å². The van der Waals surface area contributed by atoms with Crippen molar-refractivity contribution in [3.63, 3.8) is 0 Å². The van der Waals surface area contributed by atoms with Crippen molar-refractivity contribution in [1.82, 2.24) is 0 Å². The SMILES string of the molecule is CC(C)(C)OC(=O)Nc1cc(C2(CON)CC2)ccc1O. The Bertz CT molecular complexity index is 533. The summed E-state index contributed by atoms with van der Waals surface area (Å²) >= 11 is 0. The molecule has 6 nitrogen and oxygen atoms in total.